The van der Waals surface area contributed by atoms with E-state index in [1.807, 2.05) is 36.4 Å². The molecule has 0 saturated heterocycles. The molecular formula is C17H18N2O2S. The molecule has 0 bridgehead atoms. The van der Waals surface area contributed by atoms with Crippen LogP contribution in [-0.4, -0.2) is 9.55 Å². The van der Waals surface area contributed by atoms with Crippen LogP contribution in [0.2, 0.25) is 0 Å². The number of aromatic amines is 1. The Kier molecular flexibility index (Phi) is 4.24. The lowest BCUT2D eigenvalue weighted by Crippen LogP contribution is -2.29. The van der Waals surface area contributed by atoms with Crippen molar-refractivity contribution in [1.82, 2.24) is 9.55 Å². The van der Waals surface area contributed by atoms with Crippen LogP contribution in [0.5, 0.6) is 0 Å². The number of hydrogen-bond acceptors (Lipinski definition) is 3. The Hall–Kier alpha value is -2.14. The average molecular weight is 314 g/mol. The standard InChI is InChI=1S/C17H18N2O2S/c1-2-3-7-10-19-16-13(15(20)18-17(19)21)11-14(22-16)12-8-5-4-6-9-12/h4-6,8-9,11H,2-3,7,10H2,1H3,(H,18,20,21). The second kappa shape index (κ2) is 6.32. The second-order valence-corrected chi connectivity index (χ2v) is 6.34. The average Bonchev–Trinajstić information content (AvgIpc) is 2.97. The summed E-state index contributed by atoms with van der Waals surface area (Å²) >= 11 is 1.51. The molecule has 2 aromatic heterocycles. The van der Waals surface area contributed by atoms with Crippen LogP contribution in [0.25, 0.3) is 20.7 Å². The van der Waals surface area contributed by atoms with Crippen molar-refractivity contribution >= 4 is 21.6 Å². The van der Waals surface area contributed by atoms with E-state index in [1.165, 1.54) is 11.3 Å². The third kappa shape index (κ3) is 2.76. The highest BCUT2D eigenvalue weighted by Crippen LogP contribution is 2.31. The van der Waals surface area contributed by atoms with E-state index in [4.69, 9.17) is 0 Å². The van der Waals surface area contributed by atoms with E-state index in [2.05, 4.69) is 11.9 Å². The SMILES string of the molecule is CCCCCn1c(=O)[nH]c(=O)c2cc(-c3ccccc3)sc21. The van der Waals surface area contributed by atoms with Crippen LogP contribution in [-0.2, 0) is 6.54 Å². The summed E-state index contributed by atoms with van der Waals surface area (Å²) in [5.41, 5.74) is 0.455. The van der Waals surface area contributed by atoms with Crippen molar-refractivity contribution in [1.29, 1.82) is 0 Å². The lowest BCUT2D eigenvalue weighted by Gasteiger charge is -2.05. The van der Waals surface area contributed by atoms with E-state index >= 15 is 0 Å². The molecule has 114 valence electrons. The normalized spacial score (nSPS) is 11.1. The Morgan fingerprint density at radius 2 is 1.91 bits per heavy atom. The third-order valence-electron chi connectivity index (χ3n) is 3.71. The molecular weight excluding hydrogens is 296 g/mol. The van der Waals surface area contributed by atoms with E-state index in [1.54, 1.807) is 4.57 Å². The molecule has 0 radical (unpaired) electrons. The topological polar surface area (TPSA) is 54.9 Å². The van der Waals surface area contributed by atoms with Gasteiger partial charge in [0, 0.05) is 11.4 Å². The highest BCUT2D eigenvalue weighted by atomic mass is 32.1. The molecule has 0 aliphatic heterocycles. The maximum Gasteiger partial charge on any atom is 0.329 e. The van der Waals surface area contributed by atoms with Crippen molar-refractivity contribution in [2.24, 2.45) is 0 Å². The van der Waals surface area contributed by atoms with Gasteiger partial charge in [-0.05, 0) is 18.1 Å². The molecule has 22 heavy (non-hydrogen) atoms. The largest absolute Gasteiger partial charge is 0.329 e. The molecule has 0 amide bonds. The summed E-state index contributed by atoms with van der Waals surface area (Å²) in [6.07, 6.45) is 3.11. The van der Waals surface area contributed by atoms with E-state index < -0.39 is 0 Å². The van der Waals surface area contributed by atoms with Gasteiger partial charge in [-0.25, -0.2) is 4.79 Å². The smallest absolute Gasteiger partial charge is 0.284 e. The summed E-state index contributed by atoms with van der Waals surface area (Å²) in [4.78, 5) is 28.4. The first kappa shape index (κ1) is 14.8. The molecule has 0 fully saturated rings. The van der Waals surface area contributed by atoms with E-state index in [-0.39, 0.29) is 11.2 Å². The number of benzene rings is 1. The van der Waals surface area contributed by atoms with Gasteiger partial charge in [0.1, 0.15) is 4.83 Å². The zero-order chi connectivity index (χ0) is 15.5. The summed E-state index contributed by atoms with van der Waals surface area (Å²) in [7, 11) is 0. The summed E-state index contributed by atoms with van der Waals surface area (Å²) in [5, 5.41) is 0.597. The van der Waals surface area contributed by atoms with Crippen molar-refractivity contribution < 1.29 is 0 Å². The molecule has 0 spiro atoms. The van der Waals surface area contributed by atoms with Crippen molar-refractivity contribution in [2.75, 3.05) is 0 Å². The first-order valence-corrected chi connectivity index (χ1v) is 8.34. The Labute approximate surface area is 132 Å². The number of aryl methyl sites for hydroxylation is 1. The van der Waals surface area contributed by atoms with Crippen molar-refractivity contribution in [2.45, 2.75) is 32.7 Å². The first-order chi connectivity index (χ1) is 10.7. The number of aromatic nitrogens is 2. The maximum absolute atomic E-state index is 12.1. The van der Waals surface area contributed by atoms with Gasteiger partial charge in [0.2, 0.25) is 0 Å². The summed E-state index contributed by atoms with van der Waals surface area (Å²) < 4.78 is 1.70. The summed E-state index contributed by atoms with van der Waals surface area (Å²) in [5.74, 6) is 0. The molecule has 3 rings (SSSR count). The Morgan fingerprint density at radius 1 is 1.14 bits per heavy atom. The highest BCUT2D eigenvalue weighted by Gasteiger charge is 2.12. The van der Waals surface area contributed by atoms with Gasteiger partial charge in [-0.3, -0.25) is 14.3 Å². The number of nitrogens with one attached hydrogen (secondary N) is 1. The molecule has 3 aromatic rings. The van der Waals surface area contributed by atoms with Gasteiger partial charge in [0.05, 0.1) is 5.39 Å². The number of fused-ring (bicyclic) bond motifs is 1. The molecule has 0 unspecified atom stereocenters. The molecule has 2 heterocycles. The quantitative estimate of drug-likeness (QED) is 0.731. The number of thiophene rings is 1. The van der Waals surface area contributed by atoms with Gasteiger partial charge in [-0.15, -0.1) is 11.3 Å². The minimum atomic E-state index is -0.310. The van der Waals surface area contributed by atoms with Crippen molar-refractivity contribution in [3.05, 3.63) is 57.2 Å². The maximum atomic E-state index is 12.1. The predicted octanol–water partition coefficient (Wildman–Crippen LogP) is 3.61. The fourth-order valence-electron chi connectivity index (χ4n) is 2.54. The van der Waals surface area contributed by atoms with Crippen LogP contribution in [0.15, 0.2) is 46.0 Å². The minimum Gasteiger partial charge on any atom is -0.284 e. The van der Waals surface area contributed by atoms with Gasteiger partial charge in [-0.1, -0.05) is 50.1 Å². The lowest BCUT2D eigenvalue weighted by molar-refractivity contribution is 0.594. The van der Waals surface area contributed by atoms with Crippen LogP contribution in [0, 0.1) is 0 Å². The third-order valence-corrected chi connectivity index (χ3v) is 4.92. The monoisotopic (exact) mass is 314 g/mol. The molecule has 5 heteroatoms. The molecule has 4 nitrogen and oxygen atoms in total. The molecule has 0 aliphatic carbocycles. The molecule has 1 N–H and O–H groups in total. The molecule has 0 aliphatic rings. The summed E-state index contributed by atoms with van der Waals surface area (Å²) in [6, 6.07) is 11.8. The van der Waals surface area contributed by atoms with E-state index in [9.17, 15) is 9.59 Å². The zero-order valence-corrected chi connectivity index (χ0v) is 13.3. The van der Waals surface area contributed by atoms with Crippen LogP contribution < -0.4 is 11.2 Å². The van der Waals surface area contributed by atoms with E-state index in [0.29, 0.717) is 11.9 Å². The van der Waals surface area contributed by atoms with Crippen molar-refractivity contribution in [3.63, 3.8) is 0 Å². The predicted molar refractivity (Wildman–Crippen MR) is 91.7 cm³/mol. The van der Waals surface area contributed by atoms with Gasteiger partial charge in [0.25, 0.3) is 5.56 Å². The van der Waals surface area contributed by atoms with Crippen LogP contribution in [0.4, 0.5) is 0 Å². The molecule has 0 atom stereocenters. The minimum absolute atomic E-state index is 0.301. The zero-order valence-electron chi connectivity index (χ0n) is 12.5. The van der Waals surface area contributed by atoms with E-state index in [0.717, 1.165) is 34.5 Å². The fourth-order valence-corrected chi connectivity index (χ4v) is 3.72. The van der Waals surface area contributed by atoms with Gasteiger partial charge in [0.15, 0.2) is 0 Å². The van der Waals surface area contributed by atoms with Gasteiger partial charge >= 0.3 is 5.69 Å². The number of hydrogen-bond donors (Lipinski definition) is 1. The number of H-pyrrole nitrogens is 1. The van der Waals surface area contributed by atoms with Crippen LogP contribution in [0.1, 0.15) is 26.2 Å². The van der Waals surface area contributed by atoms with Crippen LogP contribution in [0.3, 0.4) is 0 Å². The first-order valence-electron chi connectivity index (χ1n) is 7.53. The Balaban J connectivity index is 2.13. The van der Waals surface area contributed by atoms with Gasteiger partial charge < -0.3 is 0 Å². The lowest BCUT2D eigenvalue weighted by atomic mass is 10.2. The number of rotatable bonds is 5. The number of nitrogens with zero attached hydrogens (tertiary/aromatic N) is 1. The summed E-state index contributed by atoms with van der Waals surface area (Å²) in [6.45, 7) is 2.78. The Morgan fingerprint density at radius 3 is 2.64 bits per heavy atom. The second-order valence-electron chi connectivity index (χ2n) is 5.31. The van der Waals surface area contributed by atoms with Crippen molar-refractivity contribution in [3.8, 4) is 10.4 Å². The molecule has 1 aromatic carbocycles. The van der Waals surface area contributed by atoms with Gasteiger partial charge in [-0.2, -0.15) is 0 Å². The highest BCUT2D eigenvalue weighted by molar-refractivity contribution is 7.21. The Bertz CT molecular complexity index is 890. The van der Waals surface area contributed by atoms with Crippen LogP contribution >= 0.6 is 11.3 Å². The fraction of sp³-hybridized carbons (Fsp3) is 0.294. The molecule has 0 saturated carbocycles. The number of unbranched alkanes of at least 4 members (excludes halogenated alkanes) is 2.